The van der Waals surface area contributed by atoms with E-state index in [4.69, 9.17) is 4.84 Å². The van der Waals surface area contributed by atoms with Gasteiger partial charge >= 0.3 is 0 Å². The Kier molecular flexibility index (Phi) is 3.16. The van der Waals surface area contributed by atoms with E-state index in [1.807, 2.05) is 6.20 Å². The smallest absolute Gasteiger partial charge is 0.0921 e. The van der Waals surface area contributed by atoms with Crippen LogP contribution in [0.2, 0.25) is 0 Å². The van der Waals surface area contributed by atoms with Gasteiger partial charge in [-0.15, -0.1) is 0 Å². The van der Waals surface area contributed by atoms with E-state index in [1.165, 1.54) is 31.4 Å². The van der Waals surface area contributed by atoms with Crippen molar-refractivity contribution in [3.8, 4) is 0 Å². The summed E-state index contributed by atoms with van der Waals surface area (Å²) in [6.07, 6.45) is 8.48. The van der Waals surface area contributed by atoms with Crippen molar-refractivity contribution in [1.29, 1.82) is 0 Å². The first-order valence-electron chi connectivity index (χ1n) is 5.17. The molecule has 1 aromatic rings. The molecule has 14 heavy (non-hydrogen) atoms. The highest BCUT2D eigenvalue weighted by atomic mass is 16.6. The van der Waals surface area contributed by atoms with E-state index in [-0.39, 0.29) is 0 Å². The second-order valence-corrected chi connectivity index (χ2v) is 3.88. The van der Waals surface area contributed by atoms with Crippen LogP contribution in [-0.4, -0.2) is 23.1 Å². The monoisotopic (exact) mass is 195 g/mol. The molecule has 4 nitrogen and oxygen atoms in total. The van der Waals surface area contributed by atoms with E-state index in [0.29, 0.717) is 12.0 Å². The van der Waals surface area contributed by atoms with Crippen molar-refractivity contribution in [2.75, 3.05) is 7.11 Å². The number of nitrogens with one attached hydrogen (secondary N) is 2. The fourth-order valence-corrected chi connectivity index (χ4v) is 2.18. The summed E-state index contributed by atoms with van der Waals surface area (Å²) in [5, 5.41) is 0. The van der Waals surface area contributed by atoms with Gasteiger partial charge < -0.3 is 9.82 Å². The molecule has 0 radical (unpaired) electrons. The molecule has 1 aliphatic rings. The summed E-state index contributed by atoms with van der Waals surface area (Å²) in [6, 6.07) is 0.527. The van der Waals surface area contributed by atoms with E-state index in [0.717, 1.165) is 0 Å². The third-order valence-electron chi connectivity index (χ3n) is 2.97. The van der Waals surface area contributed by atoms with Crippen LogP contribution in [0.15, 0.2) is 12.5 Å². The Morgan fingerprint density at radius 2 is 2.21 bits per heavy atom. The van der Waals surface area contributed by atoms with Gasteiger partial charge in [0.2, 0.25) is 0 Å². The van der Waals surface area contributed by atoms with Crippen molar-refractivity contribution in [3.05, 3.63) is 18.2 Å². The second kappa shape index (κ2) is 4.57. The maximum absolute atomic E-state index is 4.94. The van der Waals surface area contributed by atoms with Crippen molar-refractivity contribution < 1.29 is 4.84 Å². The van der Waals surface area contributed by atoms with E-state index in [1.54, 1.807) is 13.4 Å². The summed E-state index contributed by atoms with van der Waals surface area (Å²) in [5.41, 5.74) is 4.30. The number of nitrogens with zero attached hydrogens (tertiary/aromatic N) is 1. The van der Waals surface area contributed by atoms with Crippen LogP contribution in [0.1, 0.15) is 37.3 Å². The second-order valence-electron chi connectivity index (χ2n) is 3.88. The normalized spacial score (nSPS) is 27.8. The summed E-state index contributed by atoms with van der Waals surface area (Å²) in [4.78, 5) is 12.2. The number of hydrogen-bond acceptors (Lipinski definition) is 3. The van der Waals surface area contributed by atoms with Crippen LogP contribution in [-0.2, 0) is 4.84 Å². The summed E-state index contributed by atoms with van der Waals surface area (Å²) < 4.78 is 0. The fourth-order valence-electron chi connectivity index (χ4n) is 2.18. The zero-order chi connectivity index (χ0) is 9.80. The summed E-state index contributed by atoms with van der Waals surface area (Å²) in [5.74, 6) is 0.660. The van der Waals surface area contributed by atoms with Crippen LogP contribution in [0.3, 0.4) is 0 Å². The van der Waals surface area contributed by atoms with E-state index < -0.39 is 0 Å². The lowest BCUT2D eigenvalue weighted by Crippen LogP contribution is -2.31. The maximum Gasteiger partial charge on any atom is 0.0921 e. The predicted octanol–water partition coefficient (Wildman–Crippen LogP) is 1.59. The molecule has 4 heteroatoms. The molecule has 2 rings (SSSR count). The minimum absolute atomic E-state index is 0.527. The Labute approximate surface area is 84.0 Å². The molecular weight excluding hydrogens is 178 g/mol. The summed E-state index contributed by atoms with van der Waals surface area (Å²) in [7, 11) is 1.68. The maximum atomic E-state index is 4.94. The van der Waals surface area contributed by atoms with Crippen LogP contribution >= 0.6 is 0 Å². The number of hydrogen-bond donors (Lipinski definition) is 2. The molecule has 1 heterocycles. The Hall–Kier alpha value is -0.870. The average Bonchev–Trinajstić information content (AvgIpc) is 2.72. The largest absolute Gasteiger partial charge is 0.348 e. The summed E-state index contributed by atoms with van der Waals surface area (Å²) in [6.45, 7) is 0. The number of aromatic amines is 1. The van der Waals surface area contributed by atoms with E-state index >= 15 is 0 Å². The Bertz CT molecular complexity index is 252. The van der Waals surface area contributed by atoms with Gasteiger partial charge in [-0.2, -0.15) is 5.48 Å². The number of rotatable bonds is 3. The van der Waals surface area contributed by atoms with Crippen molar-refractivity contribution in [3.63, 3.8) is 0 Å². The van der Waals surface area contributed by atoms with Gasteiger partial charge in [0.1, 0.15) is 0 Å². The van der Waals surface area contributed by atoms with Gasteiger partial charge in [0.25, 0.3) is 0 Å². The summed E-state index contributed by atoms with van der Waals surface area (Å²) >= 11 is 0. The van der Waals surface area contributed by atoms with Gasteiger partial charge in [-0.05, 0) is 25.7 Å². The lowest BCUT2D eigenvalue weighted by Gasteiger charge is -2.27. The highest BCUT2D eigenvalue weighted by Crippen LogP contribution is 2.31. The molecule has 1 aromatic heterocycles. The Morgan fingerprint density at radius 1 is 1.43 bits per heavy atom. The standard InChI is InChI=1S/C10H17N3O/c1-14-13-9-4-2-8(3-5-9)10-6-11-7-12-10/h6-9,13H,2-5H2,1H3,(H,11,12). The lowest BCUT2D eigenvalue weighted by atomic mass is 9.85. The highest BCUT2D eigenvalue weighted by Gasteiger charge is 2.22. The molecule has 0 spiro atoms. The van der Waals surface area contributed by atoms with Gasteiger partial charge in [-0.25, -0.2) is 4.98 Å². The van der Waals surface area contributed by atoms with Crippen LogP contribution in [0, 0.1) is 0 Å². The van der Waals surface area contributed by atoms with Gasteiger partial charge in [0.05, 0.1) is 13.4 Å². The SMILES string of the molecule is CONC1CCC(c2cnc[nH]2)CC1. The zero-order valence-corrected chi connectivity index (χ0v) is 8.49. The first-order chi connectivity index (χ1) is 6.90. The molecular formula is C10H17N3O. The van der Waals surface area contributed by atoms with Crippen molar-refractivity contribution in [2.24, 2.45) is 0 Å². The molecule has 0 atom stereocenters. The topological polar surface area (TPSA) is 49.9 Å². The van der Waals surface area contributed by atoms with Gasteiger partial charge in [-0.3, -0.25) is 0 Å². The van der Waals surface area contributed by atoms with Crippen LogP contribution < -0.4 is 5.48 Å². The van der Waals surface area contributed by atoms with Crippen molar-refractivity contribution in [1.82, 2.24) is 15.4 Å². The molecule has 0 bridgehead atoms. The number of H-pyrrole nitrogens is 1. The van der Waals surface area contributed by atoms with Crippen molar-refractivity contribution >= 4 is 0 Å². The minimum Gasteiger partial charge on any atom is -0.348 e. The Morgan fingerprint density at radius 3 is 2.79 bits per heavy atom. The third kappa shape index (κ3) is 2.13. The molecule has 0 aromatic carbocycles. The highest BCUT2D eigenvalue weighted by molar-refractivity contribution is 5.04. The number of aromatic nitrogens is 2. The van der Waals surface area contributed by atoms with Gasteiger partial charge in [0.15, 0.2) is 0 Å². The van der Waals surface area contributed by atoms with E-state index in [2.05, 4.69) is 15.4 Å². The predicted molar refractivity (Wildman–Crippen MR) is 53.7 cm³/mol. The Balaban J connectivity index is 1.84. The molecule has 1 fully saturated rings. The quantitative estimate of drug-likeness (QED) is 0.720. The first-order valence-corrected chi connectivity index (χ1v) is 5.17. The van der Waals surface area contributed by atoms with E-state index in [9.17, 15) is 0 Å². The van der Waals surface area contributed by atoms with Gasteiger partial charge in [-0.1, -0.05) is 0 Å². The van der Waals surface area contributed by atoms with Crippen molar-refractivity contribution in [2.45, 2.75) is 37.6 Å². The molecule has 1 saturated carbocycles. The number of hydroxylamine groups is 1. The molecule has 0 unspecified atom stereocenters. The van der Waals surface area contributed by atoms with Crippen LogP contribution in [0.5, 0.6) is 0 Å². The molecule has 78 valence electrons. The van der Waals surface area contributed by atoms with Crippen LogP contribution in [0.4, 0.5) is 0 Å². The lowest BCUT2D eigenvalue weighted by molar-refractivity contribution is 0.0468. The third-order valence-corrected chi connectivity index (χ3v) is 2.97. The zero-order valence-electron chi connectivity index (χ0n) is 8.49. The van der Waals surface area contributed by atoms with Crippen LogP contribution in [0.25, 0.3) is 0 Å². The number of imidazole rings is 1. The molecule has 0 saturated heterocycles. The fraction of sp³-hybridized carbons (Fsp3) is 0.700. The molecule has 2 N–H and O–H groups in total. The molecule has 0 amide bonds. The molecule has 1 aliphatic carbocycles. The van der Waals surface area contributed by atoms with Gasteiger partial charge in [0, 0.05) is 23.9 Å². The molecule has 0 aliphatic heterocycles. The average molecular weight is 195 g/mol. The minimum atomic E-state index is 0.527. The first kappa shape index (κ1) is 9.68.